The van der Waals surface area contributed by atoms with Gasteiger partial charge in [0.2, 0.25) is 31.9 Å². The first-order chi connectivity index (χ1) is 33.0. The number of ether oxygens (including phenoxy) is 1. The first-order valence-corrected chi connectivity index (χ1v) is 26.6. The van der Waals surface area contributed by atoms with Crippen LogP contribution in [0.15, 0.2) is 76.5 Å². The Labute approximate surface area is 408 Å². The molecule has 3 aromatic rings. The maximum Gasteiger partial charge on any atom is 0.315 e. The number of carbonyl (C=O) groups is 4. The third-order valence-electron chi connectivity index (χ3n) is 12.8. The topological polar surface area (TPSA) is 264 Å². The summed E-state index contributed by atoms with van der Waals surface area (Å²) in [5.74, 6) is -0.217. The zero-order valence-corrected chi connectivity index (χ0v) is 41.0. The number of amides is 6. The highest BCUT2D eigenvalue weighted by atomic mass is 35.5. The van der Waals surface area contributed by atoms with Gasteiger partial charge in [0, 0.05) is 82.6 Å². The number of piperazine rings is 1. The van der Waals surface area contributed by atoms with E-state index in [4.69, 9.17) is 16.3 Å². The van der Waals surface area contributed by atoms with Gasteiger partial charge in [0.25, 0.3) is 0 Å². The normalized spacial score (nSPS) is 21.4. The lowest BCUT2D eigenvalue weighted by atomic mass is 10.0. The SMILES string of the molecule is C[C@H](NC(=O)NCCCCNC(=O)N[C@@H](C)C(=O)N1CC[C@H](NS(=O)(=O)c2ccc(O[C@H]3c4cc(Cl)cc(C#N)c4C[C@@H]3N3CCNCC3)cc2)C1)C(=O)N1CC[C@H](NS(=O)(=O)c2ccccc2)C1. The average Bonchev–Trinajstić information content (AvgIpc) is 4.09. The van der Waals surface area contributed by atoms with Gasteiger partial charge in [-0.15, -0.1) is 0 Å². The molecule has 0 spiro atoms. The predicted molar refractivity (Wildman–Crippen MR) is 256 cm³/mol. The van der Waals surface area contributed by atoms with Crippen LogP contribution in [0.5, 0.6) is 5.75 Å². The number of rotatable bonds is 18. The number of carbonyl (C=O) groups excluding carboxylic acids is 4. The van der Waals surface area contributed by atoms with Gasteiger partial charge in [0.05, 0.1) is 27.5 Å². The zero-order chi connectivity index (χ0) is 49.3. The molecule has 3 aromatic carbocycles. The number of sulfonamides is 2. The minimum Gasteiger partial charge on any atom is -0.484 e. The van der Waals surface area contributed by atoms with Gasteiger partial charge in [0.15, 0.2) is 0 Å². The van der Waals surface area contributed by atoms with Crippen LogP contribution >= 0.6 is 11.6 Å². The first-order valence-electron chi connectivity index (χ1n) is 23.2. The molecule has 3 heterocycles. The highest BCUT2D eigenvalue weighted by Gasteiger charge is 2.41. The van der Waals surface area contributed by atoms with Crippen LogP contribution in [-0.4, -0.2) is 151 Å². The van der Waals surface area contributed by atoms with E-state index in [0.29, 0.717) is 61.5 Å². The maximum atomic E-state index is 13.5. The van der Waals surface area contributed by atoms with E-state index >= 15 is 0 Å². The summed E-state index contributed by atoms with van der Waals surface area (Å²) >= 11 is 6.42. The van der Waals surface area contributed by atoms with Gasteiger partial charge in [-0.25, -0.2) is 35.9 Å². The number of nitrogens with one attached hydrogen (secondary N) is 7. The van der Waals surface area contributed by atoms with Crippen LogP contribution in [0.4, 0.5) is 9.59 Å². The molecule has 6 amide bonds. The van der Waals surface area contributed by atoms with Gasteiger partial charge in [-0.3, -0.25) is 14.5 Å². The lowest BCUT2D eigenvalue weighted by Gasteiger charge is -2.36. The number of fused-ring (bicyclic) bond motifs is 1. The van der Waals surface area contributed by atoms with Crippen molar-refractivity contribution < 1.29 is 40.8 Å². The third kappa shape index (κ3) is 13.2. The number of hydrogen-bond acceptors (Lipinski definition) is 12. The molecule has 23 heteroatoms. The summed E-state index contributed by atoms with van der Waals surface area (Å²) in [7, 11) is -7.69. The fourth-order valence-corrected chi connectivity index (χ4v) is 12.0. The molecule has 3 aliphatic heterocycles. The second kappa shape index (κ2) is 22.9. The quantitative estimate of drug-likeness (QED) is 0.0900. The first kappa shape index (κ1) is 51.3. The Bertz CT molecular complexity index is 2600. The molecule has 69 heavy (non-hydrogen) atoms. The van der Waals surface area contributed by atoms with Crippen molar-refractivity contribution in [3.8, 4) is 11.8 Å². The van der Waals surface area contributed by atoms with Crippen LogP contribution in [0.25, 0.3) is 0 Å². The third-order valence-corrected chi connectivity index (χ3v) is 16.1. The summed E-state index contributed by atoms with van der Waals surface area (Å²) in [5.41, 5.74) is 2.28. The van der Waals surface area contributed by atoms with E-state index in [-0.39, 0.29) is 53.8 Å². The van der Waals surface area contributed by atoms with Crippen LogP contribution in [-0.2, 0) is 36.1 Å². The molecule has 6 atom stereocenters. The van der Waals surface area contributed by atoms with Crippen molar-refractivity contribution >= 4 is 55.5 Å². The van der Waals surface area contributed by atoms with Crippen LogP contribution in [0.2, 0.25) is 5.02 Å². The monoisotopic (exact) mass is 1010 g/mol. The number of nitrogens with zero attached hydrogens (tertiary/aromatic N) is 4. The number of urea groups is 2. The number of likely N-dealkylation sites (tertiary alicyclic amines) is 2. The van der Waals surface area contributed by atoms with E-state index in [1.807, 2.05) is 6.07 Å². The van der Waals surface area contributed by atoms with Crippen molar-refractivity contribution in [3.63, 3.8) is 0 Å². The van der Waals surface area contributed by atoms with E-state index in [0.717, 1.165) is 37.3 Å². The predicted octanol–water partition coefficient (Wildman–Crippen LogP) is 1.78. The molecule has 3 fully saturated rings. The highest BCUT2D eigenvalue weighted by molar-refractivity contribution is 7.89. The van der Waals surface area contributed by atoms with Gasteiger partial charge >= 0.3 is 12.1 Å². The second-order valence-electron chi connectivity index (χ2n) is 17.7. The maximum absolute atomic E-state index is 13.5. The molecule has 372 valence electrons. The number of hydrogen-bond donors (Lipinski definition) is 7. The van der Waals surface area contributed by atoms with Crippen molar-refractivity contribution in [3.05, 3.63) is 88.4 Å². The Hall–Kier alpha value is -5.54. The lowest BCUT2D eigenvalue weighted by molar-refractivity contribution is -0.132. The molecular weight excluding hydrogens is 950 g/mol. The molecule has 0 aromatic heterocycles. The van der Waals surface area contributed by atoms with Gasteiger partial charge in [-0.2, -0.15) is 5.26 Å². The van der Waals surface area contributed by atoms with Crippen molar-refractivity contribution in [2.45, 2.75) is 92.1 Å². The van der Waals surface area contributed by atoms with Crippen LogP contribution in [0, 0.1) is 11.3 Å². The van der Waals surface area contributed by atoms with Crippen LogP contribution < -0.4 is 40.8 Å². The van der Waals surface area contributed by atoms with E-state index in [1.54, 1.807) is 50.2 Å². The fourth-order valence-electron chi connectivity index (χ4n) is 9.19. The molecule has 0 radical (unpaired) electrons. The highest BCUT2D eigenvalue weighted by Crippen LogP contribution is 2.41. The van der Waals surface area contributed by atoms with E-state index in [9.17, 15) is 41.3 Å². The molecule has 7 N–H and O–H groups in total. The standard InChI is InChI=1S/C46H60ClN11O9S2/c1-30(43(59)57-20-14-34(28-57)54-68(63,64)37-8-4-3-5-9-37)52-45(61)50-16-6-7-17-51-46(62)53-31(2)44(60)58-21-15-35(29-58)55-69(65,66)38-12-10-36(11-13-38)67-42-40-25-33(47)24-32(27-48)39(40)26-41(42)56-22-18-49-19-23-56/h3-5,8-13,24-25,30-31,34-35,41-42,49,54-55H,6-7,14-23,26,28-29H2,1-2H3,(H2,50,52,61)(H2,51,53,62)/t30-,31-,34-,35-,41-,42-/m0/s1. The molecule has 7 rings (SSSR count). The molecule has 3 saturated heterocycles. The summed E-state index contributed by atoms with van der Waals surface area (Å²) in [5, 5.41) is 24.3. The average molecular weight is 1010 g/mol. The molecule has 0 bridgehead atoms. The Morgan fingerprint density at radius 1 is 0.768 bits per heavy atom. The van der Waals surface area contributed by atoms with Crippen LogP contribution in [0.3, 0.4) is 0 Å². The smallest absolute Gasteiger partial charge is 0.315 e. The Kier molecular flexibility index (Phi) is 17.0. The zero-order valence-electron chi connectivity index (χ0n) is 38.6. The minimum absolute atomic E-state index is 0.0313. The van der Waals surface area contributed by atoms with Gasteiger partial charge < -0.3 is 41.1 Å². The largest absolute Gasteiger partial charge is 0.484 e. The Balaban J connectivity index is 0.778. The van der Waals surface area contributed by atoms with E-state index in [1.165, 1.54) is 34.1 Å². The van der Waals surface area contributed by atoms with Gasteiger partial charge in [0.1, 0.15) is 23.9 Å². The second-order valence-corrected chi connectivity index (χ2v) is 21.6. The van der Waals surface area contributed by atoms with E-state index < -0.39 is 62.4 Å². The number of nitriles is 1. The van der Waals surface area contributed by atoms with Crippen molar-refractivity contribution in [2.75, 3.05) is 65.4 Å². The lowest BCUT2D eigenvalue weighted by Crippen LogP contribution is -2.50. The van der Waals surface area contributed by atoms with Crippen LogP contribution in [0.1, 0.15) is 62.3 Å². The molecule has 4 aliphatic rings. The molecule has 0 saturated carbocycles. The number of unbranched alkanes of at least 4 members (excludes halogenated alkanes) is 1. The van der Waals surface area contributed by atoms with Crippen molar-refractivity contribution in [1.29, 1.82) is 5.26 Å². The Morgan fingerprint density at radius 2 is 1.29 bits per heavy atom. The minimum atomic E-state index is -3.97. The molecule has 20 nitrogen and oxygen atoms in total. The summed E-state index contributed by atoms with van der Waals surface area (Å²) in [4.78, 5) is 56.9. The molecular formula is C46H60ClN11O9S2. The van der Waals surface area contributed by atoms with E-state index in [2.05, 4.69) is 47.0 Å². The van der Waals surface area contributed by atoms with Crippen molar-refractivity contribution in [2.24, 2.45) is 0 Å². The Morgan fingerprint density at radius 3 is 1.81 bits per heavy atom. The van der Waals surface area contributed by atoms with Crippen molar-refractivity contribution in [1.82, 2.24) is 50.7 Å². The molecule has 0 unspecified atom stereocenters. The number of benzene rings is 3. The summed E-state index contributed by atoms with van der Waals surface area (Å²) in [6, 6.07) is 16.1. The summed E-state index contributed by atoms with van der Waals surface area (Å²) < 4.78 is 64.2. The molecule has 1 aliphatic carbocycles. The van der Waals surface area contributed by atoms with Gasteiger partial charge in [-0.05, 0) is 106 Å². The van der Waals surface area contributed by atoms with Gasteiger partial charge in [-0.1, -0.05) is 29.8 Å². The number of halogens is 1. The summed E-state index contributed by atoms with van der Waals surface area (Å²) in [6.45, 7) is 7.92. The fraction of sp³-hybridized carbons (Fsp3) is 0.500. The summed E-state index contributed by atoms with van der Waals surface area (Å²) in [6.07, 6.45) is 2.06.